The third kappa shape index (κ3) is 2.92. The van der Waals surface area contributed by atoms with Gasteiger partial charge < -0.3 is 10.2 Å². The molecule has 0 radical (unpaired) electrons. The van der Waals surface area contributed by atoms with E-state index >= 15 is 0 Å². The number of hydrogen-bond donors (Lipinski definition) is 1. The fraction of sp³-hybridized carbons (Fsp3) is 0.333. The molecule has 2 aromatic carbocycles. The highest BCUT2D eigenvalue weighted by atomic mass is 35.5. The highest BCUT2D eigenvalue weighted by Crippen LogP contribution is 2.36. The Morgan fingerprint density at radius 3 is 2.71 bits per heavy atom. The average Bonchev–Trinajstić information content (AvgIpc) is 2.72. The van der Waals surface area contributed by atoms with Crippen LogP contribution in [0.5, 0.6) is 0 Å². The van der Waals surface area contributed by atoms with Crippen molar-refractivity contribution in [2.75, 3.05) is 18.5 Å². The lowest BCUT2D eigenvalue weighted by atomic mass is 10.1. The van der Waals surface area contributed by atoms with Gasteiger partial charge in [-0.2, -0.15) is 0 Å². The molecule has 1 aliphatic rings. The van der Waals surface area contributed by atoms with Crippen molar-refractivity contribution in [1.82, 2.24) is 5.32 Å². The Morgan fingerprint density at radius 1 is 1.05 bits per heavy atom. The Hall–Kier alpha value is -1.51. The molecule has 3 rings (SSSR count). The zero-order valence-electron chi connectivity index (χ0n) is 12.4. The van der Waals surface area contributed by atoms with Crippen LogP contribution in [-0.4, -0.2) is 13.6 Å². The van der Waals surface area contributed by atoms with Crippen molar-refractivity contribution in [3.8, 4) is 0 Å². The lowest BCUT2D eigenvalue weighted by molar-refractivity contribution is 0.755. The van der Waals surface area contributed by atoms with E-state index in [9.17, 15) is 0 Å². The summed E-state index contributed by atoms with van der Waals surface area (Å²) in [7, 11) is 1.96. The molecule has 0 amide bonds. The van der Waals surface area contributed by atoms with E-state index in [1.165, 1.54) is 35.3 Å². The van der Waals surface area contributed by atoms with Gasteiger partial charge in [0.1, 0.15) is 0 Å². The Bertz CT molecular complexity index is 624. The lowest BCUT2D eigenvalue weighted by Crippen LogP contribution is -2.21. The van der Waals surface area contributed by atoms with Gasteiger partial charge in [0, 0.05) is 35.1 Å². The molecule has 1 heterocycles. The van der Waals surface area contributed by atoms with Crippen molar-refractivity contribution in [3.05, 3.63) is 58.6 Å². The average molecular weight is 301 g/mol. The van der Waals surface area contributed by atoms with Gasteiger partial charge >= 0.3 is 0 Å². The fourth-order valence-electron chi connectivity index (χ4n) is 3.09. The topological polar surface area (TPSA) is 15.3 Å². The van der Waals surface area contributed by atoms with Crippen molar-refractivity contribution in [1.29, 1.82) is 0 Å². The number of nitrogens with one attached hydrogen (secondary N) is 1. The number of para-hydroxylation sites is 1. The van der Waals surface area contributed by atoms with Crippen LogP contribution in [0.15, 0.2) is 42.5 Å². The maximum Gasteiger partial charge on any atom is 0.0471 e. The van der Waals surface area contributed by atoms with Crippen LogP contribution in [0.1, 0.15) is 24.0 Å². The maximum atomic E-state index is 6.43. The normalized spacial score (nSPS) is 14.7. The van der Waals surface area contributed by atoms with Crippen molar-refractivity contribution in [3.63, 3.8) is 0 Å². The summed E-state index contributed by atoms with van der Waals surface area (Å²) in [5.41, 5.74) is 5.17. The van der Waals surface area contributed by atoms with Gasteiger partial charge in [-0.3, -0.25) is 0 Å². The van der Waals surface area contributed by atoms with Gasteiger partial charge in [0.15, 0.2) is 0 Å². The van der Waals surface area contributed by atoms with Gasteiger partial charge in [-0.05, 0) is 50.1 Å². The van der Waals surface area contributed by atoms with E-state index in [1.54, 1.807) is 0 Å². The molecule has 0 fully saturated rings. The number of aryl methyl sites for hydroxylation is 1. The van der Waals surface area contributed by atoms with Crippen molar-refractivity contribution in [2.45, 2.75) is 25.8 Å². The van der Waals surface area contributed by atoms with Gasteiger partial charge in [-0.15, -0.1) is 0 Å². The molecule has 2 nitrogen and oxygen atoms in total. The molecule has 0 unspecified atom stereocenters. The van der Waals surface area contributed by atoms with Crippen LogP contribution in [0.3, 0.4) is 0 Å². The maximum absolute atomic E-state index is 6.43. The molecule has 1 N–H and O–H groups in total. The van der Waals surface area contributed by atoms with E-state index in [0.29, 0.717) is 0 Å². The first kappa shape index (κ1) is 14.4. The minimum absolute atomic E-state index is 0.785. The predicted molar refractivity (Wildman–Crippen MR) is 90.6 cm³/mol. The number of hydrogen-bond acceptors (Lipinski definition) is 2. The van der Waals surface area contributed by atoms with Crippen molar-refractivity contribution in [2.24, 2.45) is 0 Å². The number of halogens is 1. The summed E-state index contributed by atoms with van der Waals surface area (Å²) in [5.74, 6) is 0. The first-order valence-electron chi connectivity index (χ1n) is 7.58. The summed E-state index contributed by atoms with van der Waals surface area (Å²) in [6.07, 6.45) is 3.62. The monoisotopic (exact) mass is 300 g/mol. The number of nitrogens with zero attached hydrogens (tertiary/aromatic N) is 1. The molecule has 0 saturated carbocycles. The third-order valence-electron chi connectivity index (χ3n) is 4.10. The van der Waals surface area contributed by atoms with Gasteiger partial charge in [0.2, 0.25) is 0 Å². The van der Waals surface area contributed by atoms with Crippen LogP contribution in [0.2, 0.25) is 5.02 Å². The Kier molecular flexibility index (Phi) is 4.47. The summed E-state index contributed by atoms with van der Waals surface area (Å²) in [5, 5.41) is 4.07. The molecule has 1 aliphatic heterocycles. The Morgan fingerprint density at radius 2 is 1.86 bits per heavy atom. The largest absolute Gasteiger partial charge is 0.341 e. The first-order valence-corrected chi connectivity index (χ1v) is 7.96. The van der Waals surface area contributed by atoms with Crippen molar-refractivity contribution >= 4 is 23.0 Å². The Labute approximate surface area is 131 Å². The van der Waals surface area contributed by atoms with Crippen LogP contribution < -0.4 is 10.2 Å². The first-order chi connectivity index (χ1) is 10.3. The molecule has 110 valence electrons. The molecule has 0 aliphatic carbocycles. The molecule has 3 heteroatoms. The highest BCUT2D eigenvalue weighted by Gasteiger charge is 2.19. The number of anilines is 2. The zero-order valence-corrected chi connectivity index (χ0v) is 13.2. The van der Waals surface area contributed by atoms with Crippen LogP contribution >= 0.6 is 11.6 Å². The summed E-state index contributed by atoms with van der Waals surface area (Å²) in [6.45, 7) is 1.84. The second-order valence-electron chi connectivity index (χ2n) is 5.51. The summed E-state index contributed by atoms with van der Waals surface area (Å²) in [4.78, 5) is 2.43. The van der Waals surface area contributed by atoms with Gasteiger partial charge in [-0.25, -0.2) is 0 Å². The minimum atomic E-state index is 0.785. The van der Waals surface area contributed by atoms with E-state index < -0.39 is 0 Å². The summed E-state index contributed by atoms with van der Waals surface area (Å²) < 4.78 is 0. The highest BCUT2D eigenvalue weighted by molar-refractivity contribution is 6.31. The zero-order chi connectivity index (χ0) is 14.7. The molecule has 0 bridgehead atoms. The van der Waals surface area contributed by atoms with Crippen LogP contribution in [0.25, 0.3) is 0 Å². The van der Waals surface area contributed by atoms with Crippen LogP contribution in [0, 0.1) is 0 Å². The summed E-state index contributed by atoms with van der Waals surface area (Å²) >= 11 is 6.43. The SMILES string of the molecule is CNCc1c(Cl)cccc1N1CCCCc2ccccc21. The van der Waals surface area contributed by atoms with E-state index in [2.05, 4.69) is 40.5 Å². The molecule has 0 saturated heterocycles. The fourth-order valence-corrected chi connectivity index (χ4v) is 3.33. The molecule has 2 aromatic rings. The summed E-state index contributed by atoms with van der Waals surface area (Å²) in [6, 6.07) is 14.9. The smallest absolute Gasteiger partial charge is 0.0471 e. The second kappa shape index (κ2) is 6.50. The number of fused-ring (bicyclic) bond motifs is 1. The number of rotatable bonds is 3. The molecular formula is C18H21ClN2. The van der Waals surface area contributed by atoms with Crippen LogP contribution in [0.4, 0.5) is 11.4 Å². The number of benzene rings is 2. The lowest BCUT2D eigenvalue weighted by Gasteiger charge is -2.28. The van der Waals surface area contributed by atoms with E-state index in [1.807, 2.05) is 19.2 Å². The quantitative estimate of drug-likeness (QED) is 0.895. The second-order valence-corrected chi connectivity index (χ2v) is 5.91. The van der Waals surface area contributed by atoms with E-state index in [0.717, 1.165) is 24.5 Å². The van der Waals surface area contributed by atoms with Gasteiger partial charge in [-0.1, -0.05) is 35.9 Å². The van der Waals surface area contributed by atoms with E-state index in [-0.39, 0.29) is 0 Å². The standard InChI is InChI=1S/C18H21ClN2/c1-20-13-15-16(19)9-6-11-18(15)21-12-5-4-8-14-7-2-3-10-17(14)21/h2-3,6-7,9-11,20H,4-5,8,12-13H2,1H3. The van der Waals surface area contributed by atoms with E-state index in [4.69, 9.17) is 11.6 Å². The molecular weight excluding hydrogens is 280 g/mol. The molecule has 0 atom stereocenters. The Balaban J connectivity index is 2.10. The minimum Gasteiger partial charge on any atom is -0.341 e. The van der Waals surface area contributed by atoms with Crippen LogP contribution in [-0.2, 0) is 13.0 Å². The molecule has 21 heavy (non-hydrogen) atoms. The predicted octanol–water partition coefficient (Wildman–Crippen LogP) is 4.53. The molecule has 0 aromatic heterocycles. The van der Waals surface area contributed by atoms with Gasteiger partial charge in [0.25, 0.3) is 0 Å². The van der Waals surface area contributed by atoms with Crippen molar-refractivity contribution < 1.29 is 0 Å². The van der Waals surface area contributed by atoms with Gasteiger partial charge in [0.05, 0.1) is 0 Å². The third-order valence-corrected chi connectivity index (χ3v) is 4.45. The molecule has 0 spiro atoms.